The van der Waals surface area contributed by atoms with Gasteiger partial charge >= 0.3 is 5.69 Å². The smallest absolute Gasteiger partial charge is 0.342 e. The fourth-order valence-corrected chi connectivity index (χ4v) is 1.54. The Morgan fingerprint density at radius 3 is 2.40 bits per heavy atom. The second kappa shape index (κ2) is 4.76. The Morgan fingerprint density at radius 1 is 0.850 bits per heavy atom. The molecule has 0 bridgehead atoms. The molecular formula is C10H8N8O2. The number of nitrogens with zero attached hydrogens (tertiary/aromatic N) is 4. The molecule has 10 nitrogen and oxygen atoms in total. The van der Waals surface area contributed by atoms with Crippen molar-refractivity contribution in [2.24, 2.45) is 0 Å². The summed E-state index contributed by atoms with van der Waals surface area (Å²) < 4.78 is 0. The Kier molecular flexibility index (Phi) is 2.80. The molecule has 4 aromatic rings. The Hall–Kier alpha value is -3.30. The van der Waals surface area contributed by atoms with Gasteiger partial charge in [-0.15, -0.1) is 0 Å². The van der Waals surface area contributed by atoms with Crippen LogP contribution in [0.4, 0.5) is 0 Å². The number of hydrogen-bond donors (Lipinski definition) is 4. The molecule has 4 heterocycles. The molecule has 0 aliphatic heterocycles. The highest BCUT2D eigenvalue weighted by Crippen LogP contribution is 1.97. The normalized spacial score (nSPS) is 10.4. The van der Waals surface area contributed by atoms with Crippen LogP contribution < -0.4 is 11.2 Å². The molecule has 20 heavy (non-hydrogen) atoms. The molecule has 0 fully saturated rings. The summed E-state index contributed by atoms with van der Waals surface area (Å²) in [6, 6.07) is 0. The topological polar surface area (TPSA) is 149 Å². The minimum atomic E-state index is -0.375. The van der Waals surface area contributed by atoms with Gasteiger partial charge in [-0.2, -0.15) is 4.98 Å². The van der Waals surface area contributed by atoms with Gasteiger partial charge in [0.2, 0.25) is 0 Å². The van der Waals surface area contributed by atoms with Crippen molar-refractivity contribution in [1.82, 2.24) is 39.9 Å². The second-order valence-corrected chi connectivity index (χ2v) is 3.69. The highest BCUT2D eigenvalue weighted by Gasteiger charge is 1.97. The standard InChI is InChI=1S/2C5H4N4O/c10-5-3-4(7-1-6-3)8-2-9-5;10-5-6-1-3-4(9-5)8-2-7-3/h2*1-2H,(H2,6,7,8,9,10). The summed E-state index contributed by atoms with van der Waals surface area (Å²) >= 11 is 0. The average Bonchev–Trinajstić information content (AvgIpc) is 3.07. The van der Waals surface area contributed by atoms with E-state index in [0.717, 1.165) is 5.52 Å². The lowest BCUT2D eigenvalue weighted by molar-refractivity contribution is 1.10. The predicted molar refractivity (Wildman–Crippen MR) is 69.0 cm³/mol. The Balaban J connectivity index is 0.000000121. The fourth-order valence-electron chi connectivity index (χ4n) is 1.54. The van der Waals surface area contributed by atoms with Crippen molar-refractivity contribution in [1.29, 1.82) is 0 Å². The van der Waals surface area contributed by atoms with E-state index in [0.29, 0.717) is 16.8 Å². The molecule has 0 aromatic carbocycles. The maximum absolute atomic E-state index is 10.9. The van der Waals surface area contributed by atoms with Crippen LogP contribution >= 0.6 is 0 Å². The molecule has 0 aliphatic carbocycles. The van der Waals surface area contributed by atoms with E-state index >= 15 is 0 Å². The molecule has 4 N–H and O–H groups in total. The number of hydrogen-bond acceptors (Lipinski definition) is 6. The summed E-state index contributed by atoms with van der Waals surface area (Å²) in [6.45, 7) is 0. The molecule has 0 saturated heterocycles. The molecule has 0 radical (unpaired) electrons. The zero-order valence-corrected chi connectivity index (χ0v) is 9.91. The molecule has 0 saturated carbocycles. The van der Waals surface area contributed by atoms with Crippen molar-refractivity contribution in [2.75, 3.05) is 0 Å². The number of nitrogens with one attached hydrogen (secondary N) is 4. The van der Waals surface area contributed by atoms with E-state index < -0.39 is 0 Å². The third-order valence-electron chi connectivity index (χ3n) is 2.43. The number of fused-ring (bicyclic) bond motifs is 2. The van der Waals surface area contributed by atoms with Crippen molar-refractivity contribution in [3.63, 3.8) is 0 Å². The fraction of sp³-hybridized carbons (Fsp3) is 0. The molecule has 0 amide bonds. The molecule has 0 unspecified atom stereocenters. The van der Waals surface area contributed by atoms with E-state index in [9.17, 15) is 9.59 Å². The molecule has 100 valence electrons. The largest absolute Gasteiger partial charge is 0.346 e. The second-order valence-electron chi connectivity index (χ2n) is 3.69. The predicted octanol–water partition coefficient (Wildman–Crippen LogP) is -0.708. The molecule has 0 spiro atoms. The number of aromatic nitrogens is 8. The lowest BCUT2D eigenvalue weighted by Crippen LogP contribution is -2.08. The van der Waals surface area contributed by atoms with E-state index in [2.05, 4.69) is 39.9 Å². The van der Waals surface area contributed by atoms with Gasteiger partial charge in [0.15, 0.2) is 16.8 Å². The van der Waals surface area contributed by atoms with Crippen molar-refractivity contribution in [3.05, 3.63) is 46.0 Å². The van der Waals surface area contributed by atoms with Crippen LogP contribution in [0.1, 0.15) is 0 Å². The van der Waals surface area contributed by atoms with Gasteiger partial charge in [-0.05, 0) is 0 Å². The first-order valence-electron chi connectivity index (χ1n) is 5.49. The number of imidazole rings is 2. The first kappa shape index (κ1) is 11.8. The monoisotopic (exact) mass is 272 g/mol. The molecule has 0 atom stereocenters. The summed E-state index contributed by atoms with van der Waals surface area (Å²) in [4.78, 5) is 46.7. The zero-order chi connectivity index (χ0) is 13.9. The average molecular weight is 272 g/mol. The minimum absolute atomic E-state index is 0.192. The van der Waals surface area contributed by atoms with Crippen LogP contribution in [0.3, 0.4) is 0 Å². The lowest BCUT2D eigenvalue weighted by atomic mass is 10.6. The van der Waals surface area contributed by atoms with Gasteiger partial charge in [-0.3, -0.25) is 9.78 Å². The highest BCUT2D eigenvalue weighted by molar-refractivity contribution is 5.67. The maximum Gasteiger partial charge on any atom is 0.346 e. The van der Waals surface area contributed by atoms with Crippen LogP contribution in [0.15, 0.2) is 34.8 Å². The van der Waals surface area contributed by atoms with Crippen LogP contribution in [0.2, 0.25) is 0 Å². The van der Waals surface area contributed by atoms with Crippen LogP contribution in [0.5, 0.6) is 0 Å². The third kappa shape index (κ3) is 2.16. The molecule has 4 aromatic heterocycles. The van der Waals surface area contributed by atoms with Gasteiger partial charge in [-0.1, -0.05) is 0 Å². The molecule has 0 aliphatic rings. The van der Waals surface area contributed by atoms with Crippen molar-refractivity contribution < 1.29 is 0 Å². The van der Waals surface area contributed by atoms with E-state index in [-0.39, 0.29) is 11.2 Å². The van der Waals surface area contributed by atoms with Crippen molar-refractivity contribution >= 4 is 22.3 Å². The zero-order valence-electron chi connectivity index (χ0n) is 9.91. The third-order valence-corrected chi connectivity index (χ3v) is 2.43. The van der Waals surface area contributed by atoms with Gasteiger partial charge in [-0.25, -0.2) is 19.7 Å². The van der Waals surface area contributed by atoms with Crippen molar-refractivity contribution in [3.8, 4) is 0 Å². The summed E-state index contributed by atoms with van der Waals surface area (Å²) in [5.74, 6) is 0. The number of rotatable bonds is 0. The SMILES string of the molecule is O=c1[nH]cnc2nc[nH]c12.O=c1ncc2[nH]cnc2[nH]1. The van der Waals surface area contributed by atoms with E-state index in [1.165, 1.54) is 25.2 Å². The Labute approximate surface area is 109 Å². The Morgan fingerprint density at radius 2 is 1.60 bits per heavy atom. The van der Waals surface area contributed by atoms with Gasteiger partial charge in [0.25, 0.3) is 5.56 Å². The van der Waals surface area contributed by atoms with Crippen LogP contribution in [0, 0.1) is 0 Å². The van der Waals surface area contributed by atoms with Gasteiger partial charge < -0.3 is 15.0 Å². The van der Waals surface area contributed by atoms with E-state index in [1.54, 1.807) is 0 Å². The number of aromatic amines is 4. The van der Waals surface area contributed by atoms with Crippen LogP contribution in [-0.4, -0.2) is 39.9 Å². The summed E-state index contributed by atoms with van der Waals surface area (Å²) in [7, 11) is 0. The van der Waals surface area contributed by atoms with Gasteiger partial charge in [0.05, 0.1) is 25.2 Å². The molecular weight excluding hydrogens is 264 g/mol. The Bertz CT molecular complexity index is 961. The van der Waals surface area contributed by atoms with E-state index in [1.807, 2.05) is 0 Å². The lowest BCUT2D eigenvalue weighted by Gasteiger charge is -1.82. The minimum Gasteiger partial charge on any atom is -0.342 e. The van der Waals surface area contributed by atoms with Gasteiger partial charge in [0.1, 0.15) is 5.52 Å². The van der Waals surface area contributed by atoms with Crippen LogP contribution in [0.25, 0.3) is 22.3 Å². The first-order valence-corrected chi connectivity index (χ1v) is 5.49. The molecule has 10 heteroatoms. The maximum atomic E-state index is 10.9. The van der Waals surface area contributed by atoms with Crippen LogP contribution in [-0.2, 0) is 0 Å². The van der Waals surface area contributed by atoms with Gasteiger partial charge in [0, 0.05) is 0 Å². The highest BCUT2D eigenvalue weighted by atomic mass is 16.1. The van der Waals surface area contributed by atoms with Crippen molar-refractivity contribution in [2.45, 2.75) is 0 Å². The van der Waals surface area contributed by atoms with E-state index in [4.69, 9.17) is 0 Å². The molecule has 4 rings (SSSR count). The first-order chi connectivity index (χ1) is 9.74. The number of H-pyrrole nitrogens is 4. The quantitative estimate of drug-likeness (QED) is 0.332. The summed E-state index contributed by atoms with van der Waals surface area (Å²) in [6.07, 6.45) is 5.71. The summed E-state index contributed by atoms with van der Waals surface area (Å²) in [5, 5.41) is 0. The summed E-state index contributed by atoms with van der Waals surface area (Å²) in [5.41, 5.74) is 1.58.